The molecule has 0 spiro atoms. The maximum absolute atomic E-state index is 12.1. The molecule has 0 aromatic rings. The van der Waals surface area contributed by atoms with Crippen LogP contribution in [-0.2, 0) is 4.74 Å². The number of piperazine rings is 1. The summed E-state index contributed by atoms with van der Waals surface area (Å²) >= 11 is 0. The minimum atomic E-state index is -0.462. The van der Waals surface area contributed by atoms with E-state index < -0.39 is 5.60 Å². The van der Waals surface area contributed by atoms with Crippen LogP contribution in [0.1, 0.15) is 47.5 Å². The molecular formula is C19H37N5O2. The highest BCUT2D eigenvalue weighted by Crippen LogP contribution is 2.18. The number of piperidine rings is 1. The minimum Gasteiger partial charge on any atom is -0.444 e. The van der Waals surface area contributed by atoms with E-state index in [-0.39, 0.29) is 6.09 Å². The number of rotatable bonds is 3. The van der Waals surface area contributed by atoms with E-state index in [4.69, 9.17) is 10.5 Å². The highest BCUT2D eigenvalue weighted by Gasteiger charge is 2.26. The number of guanidine groups is 1. The molecule has 0 aromatic carbocycles. The van der Waals surface area contributed by atoms with Crippen LogP contribution in [0.4, 0.5) is 4.79 Å². The van der Waals surface area contributed by atoms with Crippen LogP contribution in [0.25, 0.3) is 0 Å². The van der Waals surface area contributed by atoms with E-state index in [9.17, 15) is 4.79 Å². The lowest BCUT2D eigenvalue weighted by molar-refractivity contribution is 0.0186. The van der Waals surface area contributed by atoms with Gasteiger partial charge in [0.1, 0.15) is 5.60 Å². The van der Waals surface area contributed by atoms with Crippen LogP contribution in [0.15, 0.2) is 4.99 Å². The smallest absolute Gasteiger partial charge is 0.410 e. The predicted octanol–water partition coefficient (Wildman–Crippen LogP) is 1.97. The maximum atomic E-state index is 12.1. The molecular weight excluding hydrogens is 330 g/mol. The van der Waals surface area contributed by atoms with Crippen LogP contribution in [0.5, 0.6) is 0 Å². The summed E-state index contributed by atoms with van der Waals surface area (Å²) in [5, 5.41) is 0. The van der Waals surface area contributed by atoms with E-state index >= 15 is 0 Å². The van der Waals surface area contributed by atoms with Gasteiger partial charge >= 0.3 is 6.09 Å². The fourth-order valence-corrected chi connectivity index (χ4v) is 3.51. The maximum Gasteiger partial charge on any atom is 0.410 e. The van der Waals surface area contributed by atoms with Gasteiger partial charge < -0.3 is 20.3 Å². The van der Waals surface area contributed by atoms with E-state index in [2.05, 4.69) is 28.6 Å². The number of hydrogen-bond donors (Lipinski definition) is 1. The number of nitrogens with zero attached hydrogens (tertiary/aromatic N) is 4. The van der Waals surface area contributed by atoms with Gasteiger partial charge in [-0.1, -0.05) is 6.92 Å². The molecule has 1 amide bonds. The van der Waals surface area contributed by atoms with Crippen molar-refractivity contribution in [2.24, 2.45) is 16.6 Å². The Morgan fingerprint density at radius 2 is 1.81 bits per heavy atom. The van der Waals surface area contributed by atoms with Crippen LogP contribution in [0.3, 0.4) is 0 Å². The summed E-state index contributed by atoms with van der Waals surface area (Å²) < 4.78 is 5.43. The molecule has 2 aliphatic heterocycles. The topological polar surface area (TPSA) is 74.4 Å². The van der Waals surface area contributed by atoms with Crippen LogP contribution < -0.4 is 5.73 Å². The standard InChI is InChI=1S/C19H37N5O2/c1-15-7-6-8-24(14-15)16(2)13-21-17(20)22-9-11-23(12-10-22)18(25)26-19(3,4)5/h15-16H,6-14H2,1-5H3,(H2,20,21). The first-order valence-corrected chi connectivity index (χ1v) is 9.92. The first-order chi connectivity index (χ1) is 12.2. The van der Waals surface area contributed by atoms with Gasteiger partial charge in [0.15, 0.2) is 5.96 Å². The van der Waals surface area contributed by atoms with Crippen molar-refractivity contribution in [1.29, 1.82) is 0 Å². The Kier molecular flexibility index (Phi) is 7.15. The summed E-state index contributed by atoms with van der Waals surface area (Å²) in [5.74, 6) is 1.36. The third-order valence-electron chi connectivity index (χ3n) is 5.08. The van der Waals surface area contributed by atoms with Gasteiger partial charge in [-0.15, -0.1) is 0 Å². The van der Waals surface area contributed by atoms with E-state index in [1.807, 2.05) is 20.8 Å². The van der Waals surface area contributed by atoms with E-state index in [0.29, 0.717) is 38.2 Å². The van der Waals surface area contributed by atoms with Crippen molar-refractivity contribution in [1.82, 2.24) is 14.7 Å². The first-order valence-electron chi connectivity index (χ1n) is 9.92. The highest BCUT2D eigenvalue weighted by atomic mass is 16.6. The van der Waals surface area contributed by atoms with Crippen molar-refractivity contribution in [3.63, 3.8) is 0 Å². The minimum absolute atomic E-state index is 0.250. The number of nitrogens with two attached hydrogens (primary N) is 1. The van der Waals surface area contributed by atoms with Gasteiger partial charge in [-0.05, 0) is 53.0 Å². The second-order valence-corrected chi connectivity index (χ2v) is 8.74. The lowest BCUT2D eigenvalue weighted by Gasteiger charge is -2.37. The summed E-state index contributed by atoms with van der Waals surface area (Å²) in [6.07, 6.45) is 2.36. The highest BCUT2D eigenvalue weighted by molar-refractivity contribution is 5.78. The van der Waals surface area contributed by atoms with Gasteiger partial charge in [-0.25, -0.2) is 4.79 Å². The molecule has 7 heteroatoms. The molecule has 26 heavy (non-hydrogen) atoms. The van der Waals surface area contributed by atoms with Gasteiger partial charge in [0.2, 0.25) is 0 Å². The Bertz CT molecular complexity index is 495. The summed E-state index contributed by atoms with van der Waals surface area (Å²) in [5.41, 5.74) is 5.74. The molecule has 0 saturated carbocycles. The second-order valence-electron chi connectivity index (χ2n) is 8.74. The van der Waals surface area contributed by atoms with Gasteiger partial charge in [-0.2, -0.15) is 0 Å². The molecule has 2 heterocycles. The number of aliphatic imine (C=N–C) groups is 1. The molecule has 0 aliphatic carbocycles. The number of hydrogen-bond acceptors (Lipinski definition) is 4. The number of ether oxygens (including phenoxy) is 1. The lowest BCUT2D eigenvalue weighted by atomic mass is 9.99. The average Bonchev–Trinajstić information content (AvgIpc) is 2.58. The van der Waals surface area contributed by atoms with Gasteiger partial charge in [-0.3, -0.25) is 9.89 Å². The second kappa shape index (κ2) is 8.93. The summed E-state index contributed by atoms with van der Waals surface area (Å²) in [6.45, 7) is 15.9. The van der Waals surface area contributed by atoms with Gasteiger partial charge in [0.25, 0.3) is 0 Å². The van der Waals surface area contributed by atoms with Crippen LogP contribution in [0, 0.1) is 5.92 Å². The SMILES string of the molecule is CC1CCCN(C(C)CN=C(N)N2CCN(C(=O)OC(C)(C)C)CC2)C1. The molecule has 2 N–H and O–H groups in total. The van der Waals surface area contributed by atoms with Crippen LogP contribution in [-0.4, -0.2) is 84.2 Å². The molecule has 2 rings (SSSR count). The van der Waals surface area contributed by atoms with Crippen molar-refractivity contribution in [2.75, 3.05) is 45.8 Å². The zero-order valence-electron chi connectivity index (χ0n) is 17.2. The number of amides is 1. The molecule has 0 bridgehead atoms. The van der Waals surface area contributed by atoms with Gasteiger partial charge in [0.05, 0.1) is 6.54 Å². The van der Waals surface area contributed by atoms with Crippen molar-refractivity contribution >= 4 is 12.1 Å². The quantitative estimate of drug-likeness (QED) is 0.610. The van der Waals surface area contributed by atoms with E-state index in [1.165, 1.54) is 12.8 Å². The van der Waals surface area contributed by atoms with Crippen molar-refractivity contribution in [2.45, 2.75) is 59.1 Å². The largest absolute Gasteiger partial charge is 0.444 e. The molecule has 2 aliphatic rings. The monoisotopic (exact) mass is 367 g/mol. The Labute approximate surface area is 158 Å². The van der Waals surface area contributed by atoms with Crippen molar-refractivity contribution < 1.29 is 9.53 Å². The fourth-order valence-electron chi connectivity index (χ4n) is 3.51. The number of carbonyl (C=O) groups excluding carboxylic acids is 1. The summed E-state index contributed by atoms with van der Waals surface area (Å²) in [7, 11) is 0. The van der Waals surface area contributed by atoms with E-state index in [0.717, 1.165) is 25.6 Å². The Morgan fingerprint density at radius 1 is 1.19 bits per heavy atom. The van der Waals surface area contributed by atoms with Crippen LogP contribution in [0.2, 0.25) is 0 Å². The molecule has 2 fully saturated rings. The Morgan fingerprint density at radius 3 is 2.38 bits per heavy atom. The molecule has 2 atom stereocenters. The van der Waals surface area contributed by atoms with Crippen molar-refractivity contribution in [3.05, 3.63) is 0 Å². The normalized spacial score (nSPS) is 24.5. The zero-order chi connectivity index (χ0) is 19.3. The summed E-state index contributed by atoms with van der Waals surface area (Å²) in [4.78, 5) is 23.1. The first kappa shape index (κ1) is 20.8. The Hall–Kier alpha value is -1.50. The number of likely N-dealkylation sites (tertiary alicyclic amines) is 1. The lowest BCUT2D eigenvalue weighted by Crippen LogP contribution is -2.53. The predicted molar refractivity (Wildman–Crippen MR) is 105 cm³/mol. The molecule has 0 radical (unpaired) electrons. The van der Waals surface area contributed by atoms with Gasteiger partial charge in [0, 0.05) is 38.8 Å². The van der Waals surface area contributed by atoms with Crippen molar-refractivity contribution in [3.8, 4) is 0 Å². The zero-order valence-corrected chi connectivity index (χ0v) is 17.2. The molecule has 2 unspecified atom stereocenters. The molecule has 0 aromatic heterocycles. The van der Waals surface area contributed by atoms with Crippen LogP contribution >= 0.6 is 0 Å². The third-order valence-corrected chi connectivity index (χ3v) is 5.08. The average molecular weight is 368 g/mol. The third kappa shape index (κ3) is 6.34. The van der Waals surface area contributed by atoms with E-state index in [1.54, 1.807) is 4.90 Å². The fraction of sp³-hybridized carbons (Fsp3) is 0.895. The molecule has 150 valence electrons. The molecule has 2 saturated heterocycles. The number of carbonyl (C=O) groups is 1. The summed E-state index contributed by atoms with van der Waals surface area (Å²) in [6, 6.07) is 0.416. The Balaban J connectivity index is 1.77. The molecule has 7 nitrogen and oxygen atoms in total.